The summed E-state index contributed by atoms with van der Waals surface area (Å²) in [7, 11) is -3.30. The summed E-state index contributed by atoms with van der Waals surface area (Å²) in [6, 6.07) is 1.36. The normalized spacial score (nSPS) is 20.8. The number of alkyl halides is 3. The Balaban J connectivity index is 0.000000345. The van der Waals surface area contributed by atoms with E-state index in [9.17, 15) is 21.6 Å². The minimum Gasteiger partial charge on any atom is -0.475 e. The summed E-state index contributed by atoms with van der Waals surface area (Å²) in [5, 5.41) is 10.4. The van der Waals surface area contributed by atoms with Crippen LogP contribution in [0.25, 0.3) is 0 Å². The molecule has 0 amide bonds. The number of nitrogens with one attached hydrogen (secondary N) is 1. The molecule has 3 rings (SSSR count). The molecule has 1 aromatic heterocycles. The number of aromatic nitrogens is 2. The largest absolute Gasteiger partial charge is 0.490 e. The van der Waals surface area contributed by atoms with Crippen LogP contribution in [0.1, 0.15) is 24.7 Å². The molecule has 0 bridgehead atoms. The summed E-state index contributed by atoms with van der Waals surface area (Å²) in [6.07, 6.45) is 0.319. The number of hydrogen-bond donors (Lipinski definition) is 2. The molecule has 1 aliphatic carbocycles. The highest BCUT2D eigenvalue weighted by Gasteiger charge is 2.38. The number of carboxylic acid groups (broad SMARTS) is 1. The lowest BCUT2D eigenvalue weighted by Gasteiger charge is -2.32. The summed E-state index contributed by atoms with van der Waals surface area (Å²) in [5.41, 5.74) is 0. The fraction of sp³-hybridized carbons (Fsp3) is 0.667. The molecule has 158 valence electrons. The molecule has 1 aliphatic heterocycles. The van der Waals surface area contributed by atoms with E-state index in [1.165, 1.54) is 23.4 Å². The van der Waals surface area contributed by atoms with Crippen LogP contribution in [0.5, 0.6) is 0 Å². The average Bonchev–Trinajstić information content (AvgIpc) is 3.44. The topological polar surface area (TPSA) is 122 Å². The van der Waals surface area contributed by atoms with Crippen LogP contribution < -0.4 is 5.32 Å². The summed E-state index contributed by atoms with van der Waals surface area (Å²) < 4.78 is 62.3. The van der Waals surface area contributed by atoms with Gasteiger partial charge in [0.05, 0.1) is 19.5 Å². The Morgan fingerprint density at radius 2 is 2.07 bits per heavy atom. The van der Waals surface area contributed by atoms with Gasteiger partial charge in [-0.3, -0.25) is 0 Å². The first kappa shape index (κ1) is 22.3. The van der Waals surface area contributed by atoms with Crippen molar-refractivity contribution in [1.82, 2.24) is 14.3 Å². The van der Waals surface area contributed by atoms with Crippen LogP contribution in [0.3, 0.4) is 0 Å². The molecule has 2 N–H and O–H groups in total. The number of carbonyl (C=O) groups is 1. The Kier molecular flexibility index (Phi) is 7.17. The highest BCUT2D eigenvalue weighted by Crippen LogP contribution is 2.29. The van der Waals surface area contributed by atoms with E-state index < -0.39 is 28.2 Å². The number of hydrogen-bond acceptors (Lipinski definition) is 7. The van der Waals surface area contributed by atoms with Crippen molar-refractivity contribution in [3.05, 3.63) is 18.1 Å². The molecule has 1 saturated carbocycles. The molecule has 1 atom stereocenters. The lowest BCUT2D eigenvalue weighted by Crippen LogP contribution is -2.43. The Labute approximate surface area is 160 Å². The van der Waals surface area contributed by atoms with E-state index >= 15 is 0 Å². The molecule has 1 saturated heterocycles. The first-order valence-corrected chi connectivity index (χ1v) is 10.2. The predicted octanol–water partition coefficient (Wildman–Crippen LogP) is 1.26. The Bertz CT molecular complexity index is 786. The Morgan fingerprint density at radius 3 is 2.61 bits per heavy atom. The number of sulfonamides is 1. The van der Waals surface area contributed by atoms with Gasteiger partial charge in [0.25, 0.3) is 0 Å². The van der Waals surface area contributed by atoms with Crippen LogP contribution in [0.4, 0.5) is 19.0 Å². The maximum atomic E-state index is 11.9. The molecule has 0 spiro atoms. The Morgan fingerprint density at radius 1 is 1.43 bits per heavy atom. The van der Waals surface area contributed by atoms with Crippen molar-refractivity contribution in [3.8, 4) is 0 Å². The molecular formula is C15H21F3N4O5S. The number of halogens is 3. The predicted molar refractivity (Wildman–Crippen MR) is 92.0 cm³/mol. The second-order valence-electron chi connectivity index (χ2n) is 6.39. The van der Waals surface area contributed by atoms with Crippen molar-refractivity contribution < 1.29 is 36.2 Å². The van der Waals surface area contributed by atoms with E-state index in [4.69, 9.17) is 14.6 Å². The van der Waals surface area contributed by atoms with Crippen LogP contribution in [0.15, 0.2) is 12.3 Å². The average molecular weight is 426 g/mol. The zero-order valence-corrected chi connectivity index (χ0v) is 15.8. The van der Waals surface area contributed by atoms with E-state index in [1.807, 2.05) is 0 Å². The molecule has 9 nitrogen and oxygen atoms in total. The lowest BCUT2D eigenvalue weighted by molar-refractivity contribution is -0.192. The third-order valence-corrected chi connectivity index (χ3v) is 5.28. The summed E-state index contributed by atoms with van der Waals surface area (Å²) >= 11 is 0. The van der Waals surface area contributed by atoms with Gasteiger partial charge in [-0.05, 0) is 24.8 Å². The van der Waals surface area contributed by atoms with Crippen molar-refractivity contribution in [1.29, 1.82) is 0 Å². The number of ether oxygens (including phenoxy) is 1. The molecule has 2 aliphatic rings. The first-order valence-electron chi connectivity index (χ1n) is 8.40. The van der Waals surface area contributed by atoms with Crippen molar-refractivity contribution >= 4 is 21.8 Å². The highest BCUT2D eigenvalue weighted by atomic mass is 32.2. The molecule has 28 heavy (non-hydrogen) atoms. The van der Waals surface area contributed by atoms with Gasteiger partial charge in [0.2, 0.25) is 10.0 Å². The fourth-order valence-electron chi connectivity index (χ4n) is 2.39. The van der Waals surface area contributed by atoms with Crippen LogP contribution in [0.2, 0.25) is 0 Å². The second kappa shape index (κ2) is 9.01. The van der Waals surface area contributed by atoms with Crippen LogP contribution in [0, 0.1) is 5.92 Å². The number of carboxylic acids is 1. The van der Waals surface area contributed by atoms with Gasteiger partial charge >= 0.3 is 12.1 Å². The highest BCUT2D eigenvalue weighted by molar-refractivity contribution is 7.88. The zero-order chi connectivity index (χ0) is 20.9. The molecular weight excluding hydrogens is 405 g/mol. The molecule has 0 aromatic carbocycles. The minimum absolute atomic E-state index is 0.291. The molecule has 2 heterocycles. The summed E-state index contributed by atoms with van der Waals surface area (Å²) in [4.78, 5) is 17.6. The second-order valence-corrected chi connectivity index (χ2v) is 8.33. The molecule has 2 fully saturated rings. The molecule has 1 aromatic rings. The summed E-state index contributed by atoms with van der Waals surface area (Å²) in [5.74, 6) is -0.784. The molecule has 0 radical (unpaired) electrons. The SMILES string of the molecule is CS(=O)(=O)N1CCOCC1c1nccc(NCC2CC2)n1.O=C(O)C(F)(F)F. The van der Waals surface area contributed by atoms with E-state index in [1.54, 1.807) is 12.3 Å². The zero-order valence-electron chi connectivity index (χ0n) is 15.0. The number of nitrogens with zero attached hydrogens (tertiary/aromatic N) is 3. The van der Waals surface area contributed by atoms with Gasteiger partial charge < -0.3 is 15.2 Å². The number of anilines is 1. The number of aliphatic carboxylic acids is 1. The fourth-order valence-corrected chi connectivity index (χ4v) is 3.42. The smallest absolute Gasteiger partial charge is 0.475 e. The third kappa shape index (κ3) is 6.87. The van der Waals surface area contributed by atoms with Gasteiger partial charge in [0, 0.05) is 19.3 Å². The molecule has 13 heteroatoms. The maximum absolute atomic E-state index is 11.9. The summed E-state index contributed by atoms with van der Waals surface area (Å²) in [6.45, 7) is 1.95. The van der Waals surface area contributed by atoms with Crippen LogP contribution in [-0.2, 0) is 19.6 Å². The van der Waals surface area contributed by atoms with Gasteiger partial charge in [0.1, 0.15) is 11.9 Å². The van der Waals surface area contributed by atoms with E-state index in [0.29, 0.717) is 25.6 Å². The number of morpholine rings is 1. The van der Waals surface area contributed by atoms with E-state index in [-0.39, 0.29) is 0 Å². The lowest BCUT2D eigenvalue weighted by atomic mass is 10.2. The quantitative estimate of drug-likeness (QED) is 0.722. The van der Waals surface area contributed by atoms with Crippen molar-refractivity contribution in [2.75, 3.05) is 37.9 Å². The van der Waals surface area contributed by atoms with E-state index in [0.717, 1.165) is 18.3 Å². The van der Waals surface area contributed by atoms with Gasteiger partial charge in [-0.25, -0.2) is 23.2 Å². The van der Waals surface area contributed by atoms with Crippen LogP contribution in [-0.4, -0.2) is 72.5 Å². The molecule has 1 unspecified atom stereocenters. The minimum atomic E-state index is -5.08. The maximum Gasteiger partial charge on any atom is 0.490 e. The van der Waals surface area contributed by atoms with E-state index in [2.05, 4.69) is 15.3 Å². The van der Waals surface area contributed by atoms with Crippen molar-refractivity contribution in [2.24, 2.45) is 5.92 Å². The van der Waals surface area contributed by atoms with Gasteiger partial charge in [0.15, 0.2) is 5.82 Å². The number of rotatable bonds is 5. The van der Waals surface area contributed by atoms with Gasteiger partial charge in [-0.2, -0.15) is 17.5 Å². The monoisotopic (exact) mass is 426 g/mol. The van der Waals surface area contributed by atoms with Gasteiger partial charge in [-0.1, -0.05) is 0 Å². The standard InChI is InChI=1S/C13H20N4O3S.C2HF3O2/c1-21(18,19)17-6-7-20-9-11(17)13-14-5-4-12(16-13)15-8-10-2-3-10;3-2(4,5)1(6)7/h4-5,10-11H,2-3,6-9H2,1H3,(H,14,15,16);(H,6,7). The Hall–Kier alpha value is -1.99. The van der Waals surface area contributed by atoms with Crippen molar-refractivity contribution in [3.63, 3.8) is 0 Å². The van der Waals surface area contributed by atoms with Crippen LogP contribution >= 0.6 is 0 Å². The first-order chi connectivity index (χ1) is 13.0. The van der Waals surface area contributed by atoms with Crippen molar-refractivity contribution in [2.45, 2.75) is 25.1 Å². The van der Waals surface area contributed by atoms with Gasteiger partial charge in [-0.15, -0.1) is 0 Å². The third-order valence-electron chi connectivity index (χ3n) is 3.99.